The first-order chi connectivity index (χ1) is 10.2. The third kappa shape index (κ3) is 7.20. The van der Waals surface area contributed by atoms with E-state index in [9.17, 15) is 0 Å². The van der Waals surface area contributed by atoms with E-state index in [-0.39, 0.29) is 24.0 Å². The molecule has 0 aromatic heterocycles. The van der Waals surface area contributed by atoms with E-state index in [0.29, 0.717) is 0 Å². The number of rotatable bonds is 8. The first-order valence-corrected chi connectivity index (χ1v) is 7.48. The summed E-state index contributed by atoms with van der Waals surface area (Å²) in [5.74, 6) is 2.63. The van der Waals surface area contributed by atoms with E-state index >= 15 is 0 Å². The van der Waals surface area contributed by atoms with E-state index in [1.54, 1.807) is 14.2 Å². The lowest BCUT2D eigenvalue weighted by molar-refractivity contribution is 0.398. The van der Waals surface area contributed by atoms with Gasteiger partial charge < -0.3 is 20.1 Å². The van der Waals surface area contributed by atoms with Gasteiger partial charge in [0.25, 0.3) is 0 Å². The topological polar surface area (TPSA) is 54.9 Å². The van der Waals surface area contributed by atoms with Crippen LogP contribution in [-0.2, 0) is 6.42 Å². The van der Waals surface area contributed by atoms with Gasteiger partial charge >= 0.3 is 0 Å². The molecule has 0 radical (unpaired) electrons. The first-order valence-electron chi connectivity index (χ1n) is 7.48. The number of nitrogens with one attached hydrogen (secondary N) is 2. The molecule has 22 heavy (non-hydrogen) atoms. The van der Waals surface area contributed by atoms with E-state index in [0.717, 1.165) is 55.5 Å². The normalized spacial score (nSPS) is 9.45. The Kier molecular flexibility index (Phi) is 11.7. The molecule has 126 valence electrons. The summed E-state index contributed by atoms with van der Waals surface area (Å²) in [6.45, 7) is 6.64. The number of ether oxygens (including phenoxy) is 2. The monoisotopic (exact) mass is 421 g/mol. The zero-order chi connectivity index (χ0) is 15.5. The van der Waals surface area contributed by atoms with Gasteiger partial charge in [-0.3, -0.25) is 4.99 Å². The molecule has 0 aliphatic heterocycles. The van der Waals surface area contributed by atoms with Crippen LogP contribution >= 0.6 is 24.0 Å². The van der Waals surface area contributed by atoms with Crippen LogP contribution < -0.4 is 20.1 Å². The number of aliphatic imine (C=N–C) groups is 1. The highest BCUT2D eigenvalue weighted by molar-refractivity contribution is 14.0. The van der Waals surface area contributed by atoms with Crippen LogP contribution in [0.3, 0.4) is 0 Å². The summed E-state index contributed by atoms with van der Waals surface area (Å²) >= 11 is 0. The Hall–Kier alpha value is -1.18. The molecule has 0 aliphatic carbocycles. The lowest BCUT2D eigenvalue weighted by atomic mass is 10.1. The first kappa shape index (κ1) is 20.8. The summed E-state index contributed by atoms with van der Waals surface area (Å²) in [5.41, 5.74) is 1.15. The van der Waals surface area contributed by atoms with Crippen molar-refractivity contribution in [2.45, 2.75) is 26.7 Å². The number of aryl methyl sites for hydroxylation is 1. The predicted molar refractivity (Wildman–Crippen MR) is 103 cm³/mol. The van der Waals surface area contributed by atoms with Gasteiger partial charge in [0.2, 0.25) is 0 Å². The molecule has 1 aromatic rings. The highest BCUT2D eigenvalue weighted by Crippen LogP contribution is 2.24. The maximum Gasteiger partial charge on any atom is 0.191 e. The molecule has 0 unspecified atom stereocenters. The van der Waals surface area contributed by atoms with E-state index in [1.807, 2.05) is 18.2 Å². The molecule has 5 nitrogen and oxygen atoms in total. The van der Waals surface area contributed by atoms with Gasteiger partial charge in [0.15, 0.2) is 5.96 Å². The van der Waals surface area contributed by atoms with E-state index in [4.69, 9.17) is 9.47 Å². The number of methoxy groups -OCH3 is 2. The molecule has 0 amide bonds. The Morgan fingerprint density at radius 2 is 1.77 bits per heavy atom. The minimum atomic E-state index is 0. The average molecular weight is 421 g/mol. The fourth-order valence-corrected chi connectivity index (χ4v) is 2.05. The summed E-state index contributed by atoms with van der Waals surface area (Å²) < 4.78 is 10.6. The molecule has 0 saturated carbocycles. The van der Waals surface area contributed by atoms with Crippen molar-refractivity contribution < 1.29 is 9.47 Å². The second-order valence-electron chi connectivity index (χ2n) is 4.57. The Bertz CT molecular complexity index is 445. The molecule has 2 N–H and O–H groups in total. The van der Waals surface area contributed by atoms with Crippen LogP contribution in [0.15, 0.2) is 23.2 Å². The molecule has 1 aromatic carbocycles. The van der Waals surface area contributed by atoms with Crippen molar-refractivity contribution >= 4 is 29.9 Å². The van der Waals surface area contributed by atoms with E-state index in [2.05, 4.69) is 29.5 Å². The van der Waals surface area contributed by atoms with Crippen LogP contribution in [0.4, 0.5) is 0 Å². The molecule has 0 atom stereocenters. The zero-order valence-electron chi connectivity index (χ0n) is 13.9. The maximum absolute atomic E-state index is 5.38. The lowest BCUT2D eigenvalue weighted by Crippen LogP contribution is -2.37. The minimum Gasteiger partial charge on any atom is -0.497 e. The SMILES string of the molecule is CCNC(=NCCCc1cc(OC)ccc1OC)NCC.I. The Labute approximate surface area is 150 Å². The summed E-state index contributed by atoms with van der Waals surface area (Å²) in [7, 11) is 3.37. The molecule has 0 spiro atoms. The summed E-state index contributed by atoms with van der Waals surface area (Å²) in [6.07, 6.45) is 1.87. The molecule has 1 rings (SSSR count). The van der Waals surface area contributed by atoms with Crippen molar-refractivity contribution in [3.8, 4) is 11.5 Å². The maximum atomic E-state index is 5.38. The molecule has 0 aliphatic rings. The van der Waals surface area contributed by atoms with E-state index in [1.165, 1.54) is 0 Å². The zero-order valence-corrected chi connectivity index (χ0v) is 16.3. The molecule has 0 heterocycles. The Morgan fingerprint density at radius 1 is 1.09 bits per heavy atom. The highest BCUT2D eigenvalue weighted by atomic mass is 127. The third-order valence-electron chi connectivity index (χ3n) is 3.05. The van der Waals surface area contributed by atoms with Crippen LogP contribution in [0.25, 0.3) is 0 Å². The number of halogens is 1. The second kappa shape index (κ2) is 12.4. The quantitative estimate of drug-likeness (QED) is 0.294. The fourth-order valence-electron chi connectivity index (χ4n) is 2.05. The van der Waals surface area contributed by atoms with Gasteiger partial charge in [-0.15, -0.1) is 24.0 Å². The summed E-state index contributed by atoms with van der Waals surface area (Å²) in [4.78, 5) is 4.54. The lowest BCUT2D eigenvalue weighted by Gasteiger charge is -2.11. The van der Waals surface area contributed by atoms with Crippen molar-refractivity contribution in [2.24, 2.45) is 4.99 Å². The Morgan fingerprint density at radius 3 is 2.32 bits per heavy atom. The molecular weight excluding hydrogens is 393 g/mol. The van der Waals surface area contributed by atoms with Crippen molar-refractivity contribution in [1.82, 2.24) is 10.6 Å². The van der Waals surface area contributed by atoms with Crippen molar-refractivity contribution in [2.75, 3.05) is 33.9 Å². The number of hydrogen-bond acceptors (Lipinski definition) is 3. The van der Waals surface area contributed by atoms with E-state index < -0.39 is 0 Å². The standard InChI is InChI=1S/C16H27N3O2.HI/c1-5-17-16(18-6-2)19-11-7-8-13-12-14(20-3)9-10-15(13)21-4;/h9-10,12H,5-8,11H2,1-4H3,(H2,17,18,19);1H. The van der Waals surface area contributed by atoms with Gasteiger partial charge in [-0.1, -0.05) is 0 Å². The molecule has 0 saturated heterocycles. The van der Waals surface area contributed by atoms with Crippen molar-refractivity contribution in [3.05, 3.63) is 23.8 Å². The molecule has 0 fully saturated rings. The van der Waals surface area contributed by atoms with Gasteiger partial charge in [-0.2, -0.15) is 0 Å². The van der Waals surface area contributed by atoms with Crippen molar-refractivity contribution in [1.29, 1.82) is 0 Å². The number of guanidine groups is 1. The van der Waals surface area contributed by atoms with Gasteiger partial charge in [0.05, 0.1) is 14.2 Å². The van der Waals surface area contributed by atoms with Crippen LogP contribution in [0.2, 0.25) is 0 Å². The summed E-state index contributed by atoms with van der Waals surface area (Å²) in [5, 5.41) is 6.43. The fraction of sp³-hybridized carbons (Fsp3) is 0.562. The molecule has 0 bridgehead atoms. The number of benzene rings is 1. The van der Waals surface area contributed by atoms with Crippen molar-refractivity contribution in [3.63, 3.8) is 0 Å². The van der Waals surface area contributed by atoms with Gasteiger partial charge in [-0.25, -0.2) is 0 Å². The Balaban J connectivity index is 0.00000441. The third-order valence-corrected chi connectivity index (χ3v) is 3.05. The second-order valence-corrected chi connectivity index (χ2v) is 4.57. The average Bonchev–Trinajstić information content (AvgIpc) is 2.51. The largest absolute Gasteiger partial charge is 0.497 e. The van der Waals surface area contributed by atoms with Gasteiger partial charge in [0, 0.05) is 19.6 Å². The van der Waals surface area contributed by atoms with Gasteiger partial charge in [0.1, 0.15) is 11.5 Å². The molecule has 6 heteroatoms. The highest BCUT2D eigenvalue weighted by Gasteiger charge is 2.04. The van der Waals surface area contributed by atoms with Gasteiger partial charge in [-0.05, 0) is 50.5 Å². The predicted octanol–water partition coefficient (Wildman–Crippen LogP) is 2.83. The van der Waals surface area contributed by atoms with Crippen LogP contribution in [0.1, 0.15) is 25.8 Å². The van der Waals surface area contributed by atoms with Crippen LogP contribution in [0, 0.1) is 0 Å². The minimum absolute atomic E-state index is 0. The smallest absolute Gasteiger partial charge is 0.191 e. The van der Waals surface area contributed by atoms with Crippen LogP contribution in [-0.4, -0.2) is 39.8 Å². The molecular formula is C16H28IN3O2. The van der Waals surface area contributed by atoms with Crippen LogP contribution in [0.5, 0.6) is 11.5 Å². The number of nitrogens with zero attached hydrogens (tertiary/aromatic N) is 1. The summed E-state index contributed by atoms with van der Waals surface area (Å²) in [6, 6.07) is 5.88. The number of hydrogen-bond donors (Lipinski definition) is 2.